The Kier molecular flexibility index (Phi) is 6.93. The van der Waals surface area contributed by atoms with Crippen molar-refractivity contribution in [3.8, 4) is 0 Å². The van der Waals surface area contributed by atoms with Crippen LogP contribution in [-0.4, -0.2) is 24.1 Å². The lowest BCUT2D eigenvalue weighted by Crippen LogP contribution is -2.36. The average molecular weight is 420 g/mol. The zero-order chi connectivity index (χ0) is 22.6. The van der Waals surface area contributed by atoms with Gasteiger partial charge in [0.05, 0.1) is 0 Å². The molecule has 0 aliphatic carbocycles. The van der Waals surface area contributed by atoms with Crippen molar-refractivity contribution in [1.82, 2.24) is 4.90 Å². The van der Waals surface area contributed by atoms with Crippen LogP contribution < -0.4 is 0 Å². The SMILES string of the molecule is CC(C)(C)CCN(CCC(C)(C)C)C(=O)OCc1c2ccccc2cc2ccccc12. The highest BCUT2D eigenvalue weighted by molar-refractivity contribution is 6.02. The molecular formula is C28H37NO2. The third-order valence-corrected chi connectivity index (χ3v) is 5.74. The van der Waals surface area contributed by atoms with Gasteiger partial charge in [0, 0.05) is 18.7 Å². The number of amides is 1. The maximum absolute atomic E-state index is 13.1. The second-order valence-electron chi connectivity index (χ2n) is 11.0. The minimum absolute atomic E-state index is 0.173. The molecule has 0 saturated heterocycles. The molecule has 1 amide bonds. The fourth-order valence-corrected chi connectivity index (χ4v) is 3.72. The minimum Gasteiger partial charge on any atom is -0.444 e. The summed E-state index contributed by atoms with van der Waals surface area (Å²) in [5.41, 5.74) is 1.42. The van der Waals surface area contributed by atoms with E-state index >= 15 is 0 Å². The monoisotopic (exact) mass is 419 g/mol. The highest BCUT2D eigenvalue weighted by atomic mass is 16.6. The molecule has 0 heterocycles. The molecule has 0 radical (unpaired) electrons. The van der Waals surface area contributed by atoms with Crippen molar-refractivity contribution in [3.05, 3.63) is 60.2 Å². The number of rotatable bonds is 6. The zero-order valence-electron chi connectivity index (χ0n) is 20.0. The van der Waals surface area contributed by atoms with E-state index in [0.29, 0.717) is 13.1 Å². The van der Waals surface area contributed by atoms with E-state index in [9.17, 15) is 4.79 Å². The van der Waals surface area contributed by atoms with Gasteiger partial charge in [0.2, 0.25) is 0 Å². The Hall–Kier alpha value is -2.55. The average Bonchev–Trinajstić information content (AvgIpc) is 2.69. The number of carbonyl (C=O) groups is 1. The second-order valence-corrected chi connectivity index (χ2v) is 11.0. The summed E-state index contributed by atoms with van der Waals surface area (Å²) in [6.45, 7) is 15.0. The Morgan fingerprint density at radius 2 is 1.23 bits per heavy atom. The van der Waals surface area contributed by atoms with E-state index in [2.05, 4.69) is 71.9 Å². The number of fused-ring (bicyclic) bond motifs is 2. The Balaban J connectivity index is 1.82. The summed E-state index contributed by atoms with van der Waals surface area (Å²) in [4.78, 5) is 15.0. The number of hydrogen-bond donors (Lipinski definition) is 0. The third kappa shape index (κ3) is 6.46. The Morgan fingerprint density at radius 1 is 0.774 bits per heavy atom. The normalized spacial score (nSPS) is 12.3. The lowest BCUT2D eigenvalue weighted by molar-refractivity contribution is 0.0884. The predicted molar refractivity (Wildman–Crippen MR) is 131 cm³/mol. The summed E-state index contributed by atoms with van der Waals surface area (Å²) in [6.07, 6.45) is 1.68. The lowest BCUT2D eigenvalue weighted by atomic mass is 9.90. The summed E-state index contributed by atoms with van der Waals surface area (Å²) in [5.74, 6) is 0. The first-order valence-electron chi connectivity index (χ1n) is 11.3. The van der Waals surface area contributed by atoms with Crippen molar-refractivity contribution >= 4 is 27.6 Å². The second kappa shape index (κ2) is 9.30. The molecule has 3 aromatic rings. The van der Waals surface area contributed by atoms with Crippen molar-refractivity contribution in [1.29, 1.82) is 0 Å². The Labute approximate surface area is 187 Å². The minimum atomic E-state index is -0.217. The van der Waals surface area contributed by atoms with Crippen LogP contribution in [0.1, 0.15) is 59.9 Å². The van der Waals surface area contributed by atoms with Gasteiger partial charge in [-0.3, -0.25) is 0 Å². The maximum atomic E-state index is 13.1. The molecule has 3 heteroatoms. The first-order valence-corrected chi connectivity index (χ1v) is 11.3. The molecule has 0 atom stereocenters. The van der Waals surface area contributed by atoms with Crippen LogP contribution in [0.4, 0.5) is 4.79 Å². The van der Waals surface area contributed by atoms with Crippen LogP contribution >= 0.6 is 0 Å². The first kappa shape index (κ1) is 23.1. The number of benzene rings is 3. The molecule has 3 nitrogen and oxygen atoms in total. The number of hydrogen-bond acceptors (Lipinski definition) is 2. The Morgan fingerprint density at radius 3 is 1.68 bits per heavy atom. The molecule has 0 fully saturated rings. The first-order chi connectivity index (χ1) is 14.5. The molecule has 0 aliphatic rings. The number of carbonyl (C=O) groups excluding carboxylic acids is 1. The molecular weight excluding hydrogens is 382 g/mol. The van der Waals surface area contributed by atoms with Crippen molar-refractivity contribution in [2.45, 2.75) is 61.0 Å². The number of ether oxygens (including phenoxy) is 1. The molecule has 0 spiro atoms. The van der Waals surface area contributed by atoms with Gasteiger partial charge in [-0.15, -0.1) is 0 Å². The standard InChI is InChI=1S/C28H37NO2/c1-27(2,3)15-17-29(18-16-28(4,5)6)26(30)31-20-25-23-13-9-7-11-21(23)19-22-12-8-10-14-24(22)25/h7-14,19H,15-18,20H2,1-6H3. The van der Waals surface area contributed by atoms with E-state index in [4.69, 9.17) is 4.74 Å². The molecule has 166 valence electrons. The molecule has 0 N–H and O–H groups in total. The highest BCUT2D eigenvalue weighted by Gasteiger charge is 2.22. The van der Waals surface area contributed by atoms with Crippen molar-refractivity contribution < 1.29 is 9.53 Å². The van der Waals surface area contributed by atoms with Crippen molar-refractivity contribution in [2.24, 2.45) is 10.8 Å². The Bertz CT molecular complexity index is 968. The maximum Gasteiger partial charge on any atom is 0.410 e. The van der Waals surface area contributed by atoms with Crippen molar-refractivity contribution in [2.75, 3.05) is 13.1 Å². The van der Waals surface area contributed by atoms with Gasteiger partial charge in [0.15, 0.2) is 0 Å². The topological polar surface area (TPSA) is 29.5 Å². The van der Waals surface area contributed by atoms with Crippen LogP contribution in [0.5, 0.6) is 0 Å². The molecule has 31 heavy (non-hydrogen) atoms. The highest BCUT2D eigenvalue weighted by Crippen LogP contribution is 2.29. The van der Waals surface area contributed by atoms with Crippen molar-refractivity contribution in [3.63, 3.8) is 0 Å². The summed E-state index contributed by atoms with van der Waals surface area (Å²) >= 11 is 0. The summed E-state index contributed by atoms with van der Waals surface area (Å²) in [6, 6.07) is 18.8. The smallest absolute Gasteiger partial charge is 0.410 e. The molecule has 0 aliphatic heterocycles. The van der Waals surface area contributed by atoms with E-state index in [0.717, 1.165) is 29.2 Å². The lowest BCUT2D eigenvalue weighted by Gasteiger charge is -2.29. The summed E-state index contributed by atoms with van der Waals surface area (Å²) in [7, 11) is 0. The van der Waals surface area contributed by atoms with Crippen LogP contribution in [0.25, 0.3) is 21.5 Å². The summed E-state index contributed by atoms with van der Waals surface area (Å²) in [5, 5.41) is 4.63. The number of nitrogens with zero attached hydrogens (tertiary/aromatic N) is 1. The van der Waals surface area contributed by atoms with Gasteiger partial charge in [-0.25, -0.2) is 4.79 Å². The van der Waals surface area contributed by atoms with E-state index in [1.54, 1.807) is 0 Å². The van der Waals surface area contributed by atoms with E-state index in [-0.39, 0.29) is 23.5 Å². The third-order valence-electron chi connectivity index (χ3n) is 5.74. The van der Waals surface area contributed by atoms with Crippen LogP contribution in [0.3, 0.4) is 0 Å². The van der Waals surface area contributed by atoms with Gasteiger partial charge < -0.3 is 9.64 Å². The molecule has 3 rings (SSSR count). The van der Waals surface area contributed by atoms with Gasteiger partial charge in [-0.05, 0) is 51.3 Å². The summed E-state index contributed by atoms with van der Waals surface area (Å²) < 4.78 is 5.92. The predicted octanol–water partition coefficient (Wildman–Crippen LogP) is 7.80. The van der Waals surface area contributed by atoms with E-state index in [1.807, 2.05) is 29.2 Å². The molecule has 0 unspecified atom stereocenters. The van der Waals surface area contributed by atoms with Crippen LogP contribution in [-0.2, 0) is 11.3 Å². The van der Waals surface area contributed by atoms with E-state index < -0.39 is 0 Å². The van der Waals surface area contributed by atoms with Gasteiger partial charge in [-0.1, -0.05) is 90.1 Å². The molecule has 0 bridgehead atoms. The van der Waals surface area contributed by atoms with Crippen LogP contribution in [0.15, 0.2) is 54.6 Å². The van der Waals surface area contributed by atoms with Gasteiger partial charge in [0.1, 0.15) is 6.61 Å². The fraction of sp³-hybridized carbons (Fsp3) is 0.464. The molecule has 3 aromatic carbocycles. The van der Waals surface area contributed by atoms with E-state index in [1.165, 1.54) is 10.8 Å². The molecule has 0 aromatic heterocycles. The zero-order valence-corrected chi connectivity index (χ0v) is 20.0. The quantitative estimate of drug-likeness (QED) is 0.381. The van der Waals surface area contributed by atoms with Gasteiger partial charge >= 0.3 is 6.09 Å². The molecule has 0 saturated carbocycles. The van der Waals surface area contributed by atoms with Gasteiger partial charge in [-0.2, -0.15) is 0 Å². The fourth-order valence-electron chi connectivity index (χ4n) is 3.72. The largest absolute Gasteiger partial charge is 0.444 e. The van der Waals surface area contributed by atoms with Crippen LogP contribution in [0, 0.1) is 10.8 Å². The van der Waals surface area contributed by atoms with Gasteiger partial charge in [0.25, 0.3) is 0 Å². The van der Waals surface area contributed by atoms with Crippen LogP contribution in [0.2, 0.25) is 0 Å².